The number of aliphatic carboxylic acids is 1. The smallest absolute Gasteiger partial charge is 0.327 e. The molecule has 2 atom stereocenters. The molecular weight excluding hydrogens is 190 g/mol. The third kappa shape index (κ3) is 3.86. The molecule has 0 aromatic heterocycles. The summed E-state index contributed by atoms with van der Waals surface area (Å²) in [5.74, 6) is -0.645. The van der Waals surface area contributed by atoms with Gasteiger partial charge < -0.3 is 5.11 Å². The fraction of sp³-hybridized carbons (Fsp3) is 0.667. The van der Waals surface area contributed by atoms with E-state index in [0.29, 0.717) is 6.04 Å². The van der Waals surface area contributed by atoms with Gasteiger partial charge in [-0.2, -0.15) is 0 Å². The van der Waals surface area contributed by atoms with E-state index in [2.05, 4.69) is 11.9 Å². The van der Waals surface area contributed by atoms with Crippen molar-refractivity contribution in [3.63, 3.8) is 0 Å². The van der Waals surface area contributed by atoms with E-state index in [1.54, 1.807) is 6.08 Å². The molecule has 0 amide bonds. The molecule has 0 bridgehead atoms. The van der Waals surface area contributed by atoms with Gasteiger partial charge in [0.1, 0.15) is 0 Å². The predicted octanol–water partition coefficient (Wildman–Crippen LogP) is 2.67. The van der Waals surface area contributed by atoms with Gasteiger partial charge >= 0.3 is 5.97 Å². The molecule has 1 aliphatic heterocycles. The normalized spacial score (nSPS) is 23.1. The van der Waals surface area contributed by atoms with Crippen LogP contribution in [0, 0.1) is 5.92 Å². The van der Waals surface area contributed by atoms with Crippen molar-refractivity contribution < 1.29 is 9.90 Å². The summed E-state index contributed by atoms with van der Waals surface area (Å²) < 4.78 is 0. The summed E-state index contributed by atoms with van der Waals surface area (Å²) in [4.78, 5) is 15.0. The molecule has 3 nitrogen and oxygen atoms in total. The highest BCUT2D eigenvalue weighted by Crippen LogP contribution is 2.23. The van der Waals surface area contributed by atoms with E-state index < -0.39 is 5.97 Å². The Bertz CT molecular complexity index is 281. The number of aliphatic imine (C=N–C) groups is 1. The van der Waals surface area contributed by atoms with Crippen LogP contribution in [0.2, 0.25) is 0 Å². The van der Waals surface area contributed by atoms with Crippen LogP contribution < -0.4 is 0 Å². The highest BCUT2D eigenvalue weighted by Gasteiger charge is 2.20. The van der Waals surface area contributed by atoms with Gasteiger partial charge in [-0.15, -0.1) is 0 Å². The highest BCUT2D eigenvalue weighted by atomic mass is 16.4. The Labute approximate surface area is 90.9 Å². The van der Waals surface area contributed by atoms with E-state index in [1.165, 1.54) is 11.8 Å². The Hall–Kier alpha value is -1.12. The van der Waals surface area contributed by atoms with Crippen LogP contribution >= 0.6 is 0 Å². The van der Waals surface area contributed by atoms with Gasteiger partial charge in [0.15, 0.2) is 0 Å². The molecule has 2 unspecified atom stereocenters. The molecule has 0 radical (unpaired) electrons. The maximum absolute atomic E-state index is 10.4. The van der Waals surface area contributed by atoms with E-state index in [1.807, 2.05) is 6.92 Å². The zero-order chi connectivity index (χ0) is 11.3. The van der Waals surface area contributed by atoms with Crippen molar-refractivity contribution in [2.45, 2.75) is 45.6 Å². The lowest BCUT2D eigenvalue weighted by molar-refractivity contribution is -0.131. The molecule has 1 aliphatic rings. The summed E-state index contributed by atoms with van der Waals surface area (Å²) >= 11 is 0. The number of carboxylic acids is 1. The molecule has 0 aromatic carbocycles. The summed E-state index contributed by atoms with van der Waals surface area (Å²) in [5.41, 5.74) is 1.30. The molecule has 0 saturated heterocycles. The van der Waals surface area contributed by atoms with E-state index in [4.69, 9.17) is 5.11 Å². The van der Waals surface area contributed by atoms with Crippen LogP contribution in [0.15, 0.2) is 17.1 Å². The minimum Gasteiger partial charge on any atom is -0.478 e. The zero-order valence-corrected chi connectivity index (χ0v) is 9.44. The standard InChI is InChI=1S/C12H19NO2/c1-3-4-10-6-7-11(13-10)9(2)5-8-12(14)15/h5,8-9,11H,3-4,6-7H2,1-2H3,(H,14,15). The summed E-state index contributed by atoms with van der Waals surface area (Å²) in [7, 11) is 0. The maximum atomic E-state index is 10.4. The van der Waals surface area contributed by atoms with Gasteiger partial charge in [0.05, 0.1) is 6.04 Å². The van der Waals surface area contributed by atoms with Crippen molar-refractivity contribution in [1.29, 1.82) is 0 Å². The number of carbonyl (C=O) groups is 1. The second-order valence-corrected chi connectivity index (χ2v) is 4.11. The maximum Gasteiger partial charge on any atom is 0.327 e. The van der Waals surface area contributed by atoms with Crippen molar-refractivity contribution in [2.75, 3.05) is 0 Å². The number of nitrogens with zero attached hydrogens (tertiary/aromatic N) is 1. The van der Waals surface area contributed by atoms with Crippen LogP contribution in [0.5, 0.6) is 0 Å². The van der Waals surface area contributed by atoms with Crippen LogP contribution in [0.4, 0.5) is 0 Å². The first kappa shape index (κ1) is 12.0. The highest BCUT2D eigenvalue weighted by molar-refractivity contribution is 5.86. The Morgan fingerprint density at radius 2 is 2.47 bits per heavy atom. The van der Waals surface area contributed by atoms with E-state index in [-0.39, 0.29) is 5.92 Å². The third-order valence-corrected chi connectivity index (χ3v) is 2.76. The van der Waals surface area contributed by atoms with Crippen molar-refractivity contribution in [1.82, 2.24) is 0 Å². The Morgan fingerprint density at radius 1 is 1.73 bits per heavy atom. The SMILES string of the molecule is CCCC1=NC(C(C)C=CC(=O)O)CC1. The molecule has 1 N–H and O–H groups in total. The lowest BCUT2D eigenvalue weighted by Crippen LogP contribution is -2.10. The minimum absolute atomic E-state index is 0.232. The third-order valence-electron chi connectivity index (χ3n) is 2.76. The van der Waals surface area contributed by atoms with Crippen molar-refractivity contribution in [3.8, 4) is 0 Å². The fourth-order valence-electron chi connectivity index (χ4n) is 1.90. The topological polar surface area (TPSA) is 49.7 Å². The molecule has 1 rings (SSSR count). The summed E-state index contributed by atoms with van der Waals surface area (Å²) in [6.07, 6.45) is 7.35. The fourth-order valence-corrected chi connectivity index (χ4v) is 1.90. The predicted molar refractivity (Wildman–Crippen MR) is 61.3 cm³/mol. The van der Waals surface area contributed by atoms with Gasteiger partial charge in [-0.1, -0.05) is 26.3 Å². The van der Waals surface area contributed by atoms with Crippen LogP contribution in [-0.4, -0.2) is 22.8 Å². The van der Waals surface area contributed by atoms with Crippen LogP contribution in [-0.2, 0) is 4.79 Å². The van der Waals surface area contributed by atoms with Crippen LogP contribution in [0.3, 0.4) is 0 Å². The van der Waals surface area contributed by atoms with E-state index >= 15 is 0 Å². The quantitative estimate of drug-likeness (QED) is 0.708. The lowest BCUT2D eigenvalue weighted by atomic mass is 9.99. The number of hydrogen-bond acceptors (Lipinski definition) is 2. The van der Waals surface area contributed by atoms with E-state index in [0.717, 1.165) is 25.7 Å². The van der Waals surface area contributed by atoms with Crippen LogP contribution in [0.25, 0.3) is 0 Å². The molecule has 1 heterocycles. The first-order valence-electron chi connectivity index (χ1n) is 5.60. The lowest BCUT2D eigenvalue weighted by Gasteiger charge is -2.11. The Balaban J connectivity index is 2.48. The summed E-state index contributed by atoms with van der Waals surface area (Å²) in [6.45, 7) is 4.19. The van der Waals surface area contributed by atoms with Gasteiger partial charge in [-0.3, -0.25) is 4.99 Å². The molecule has 0 aromatic rings. The molecule has 0 fully saturated rings. The van der Waals surface area contributed by atoms with Crippen molar-refractivity contribution in [2.24, 2.45) is 10.9 Å². The minimum atomic E-state index is -0.877. The molecule has 0 saturated carbocycles. The molecule has 0 aliphatic carbocycles. The van der Waals surface area contributed by atoms with Gasteiger partial charge in [0, 0.05) is 11.8 Å². The monoisotopic (exact) mass is 209 g/mol. The van der Waals surface area contributed by atoms with Gasteiger partial charge in [0.25, 0.3) is 0 Å². The average Bonchev–Trinajstić information content (AvgIpc) is 2.63. The molecule has 0 spiro atoms. The largest absolute Gasteiger partial charge is 0.478 e. The van der Waals surface area contributed by atoms with Crippen LogP contribution in [0.1, 0.15) is 39.5 Å². The molecule has 15 heavy (non-hydrogen) atoms. The second-order valence-electron chi connectivity index (χ2n) is 4.11. The summed E-state index contributed by atoms with van der Waals surface area (Å²) in [6, 6.07) is 0.294. The first-order chi connectivity index (χ1) is 7.13. The molecule has 84 valence electrons. The van der Waals surface area contributed by atoms with Crippen molar-refractivity contribution >= 4 is 11.7 Å². The zero-order valence-electron chi connectivity index (χ0n) is 9.44. The number of rotatable bonds is 5. The second kappa shape index (κ2) is 5.69. The number of hydrogen-bond donors (Lipinski definition) is 1. The van der Waals surface area contributed by atoms with Gasteiger partial charge in [0.2, 0.25) is 0 Å². The van der Waals surface area contributed by atoms with Gasteiger partial charge in [-0.25, -0.2) is 4.79 Å². The average molecular weight is 209 g/mol. The Kier molecular flexibility index (Phi) is 4.53. The first-order valence-corrected chi connectivity index (χ1v) is 5.60. The number of carboxylic acid groups (broad SMARTS) is 1. The van der Waals surface area contributed by atoms with Gasteiger partial charge in [-0.05, 0) is 25.2 Å². The van der Waals surface area contributed by atoms with Crippen molar-refractivity contribution in [3.05, 3.63) is 12.2 Å². The molecular formula is C12H19NO2. The summed E-state index contributed by atoms with van der Waals surface area (Å²) in [5, 5.41) is 8.52. The van der Waals surface area contributed by atoms with E-state index in [9.17, 15) is 4.79 Å². The molecule has 3 heteroatoms. The Morgan fingerprint density at radius 3 is 3.07 bits per heavy atom.